The van der Waals surface area contributed by atoms with Gasteiger partial charge < -0.3 is 10.6 Å². The van der Waals surface area contributed by atoms with Crippen LogP contribution in [0.15, 0.2) is 59.5 Å². The second-order valence-electron chi connectivity index (χ2n) is 8.13. The lowest BCUT2D eigenvalue weighted by atomic mass is 9.87. The number of carbonyl (C=O) groups excluding carboxylic acids is 3. The quantitative estimate of drug-likeness (QED) is 0.603. The lowest BCUT2D eigenvalue weighted by Gasteiger charge is -2.25. The van der Waals surface area contributed by atoms with Gasteiger partial charge in [-0.15, -0.1) is 0 Å². The second-order valence-corrected chi connectivity index (χ2v) is 10.1. The third kappa shape index (κ3) is 4.23. The van der Waals surface area contributed by atoms with E-state index in [1.165, 1.54) is 28.6 Å². The topological polar surface area (TPSA) is 116 Å². The predicted molar refractivity (Wildman–Crippen MR) is 122 cm³/mol. The van der Waals surface area contributed by atoms with Crippen LogP contribution < -0.4 is 10.6 Å². The van der Waals surface area contributed by atoms with Crippen molar-refractivity contribution in [3.8, 4) is 0 Å². The highest BCUT2D eigenvalue weighted by Gasteiger charge is 2.51. The number of hydrogen-bond donors (Lipinski definition) is 2. The van der Waals surface area contributed by atoms with Crippen LogP contribution in [-0.2, 0) is 25.2 Å². The summed E-state index contributed by atoms with van der Waals surface area (Å²) >= 11 is 0. The van der Waals surface area contributed by atoms with E-state index in [0.717, 1.165) is 17.7 Å². The molecule has 1 atom stereocenters. The van der Waals surface area contributed by atoms with Gasteiger partial charge in [0.2, 0.25) is 15.9 Å². The molecule has 1 unspecified atom stereocenters. The van der Waals surface area contributed by atoms with Crippen molar-refractivity contribution in [1.29, 1.82) is 0 Å². The SMILES string of the molecule is CCC1(c2ccccc2)NC(=O)N(CC(=O)Nc2ccc(S(=O)(=O)N3CCCC3)cc2)C1=O. The number of urea groups is 1. The van der Waals surface area contributed by atoms with Gasteiger partial charge in [0, 0.05) is 18.8 Å². The molecule has 2 N–H and O–H groups in total. The van der Waals surface area contributed by atoms with Gasteiger partial charge in [0.25, 0.3) is 5.91 Å². The van der Waals surface area contributed by atoms with Crippen LogP contribution in [0, 0.1) is 0 Å². The standard InChI is InChI=1S/C23H26N4O5S/c1-2-23(17-8-4-3-5-9-17)21(29)27(22(30)25-23)16-20(28)24-18-10-12-19(13-11-18)33(31,32)26-14-6-7-15-26/h3-5,8-13H,2,6-7,14-16H2,1H3,(H,24,28)(H,25,30). The molecule has 0 aromatic heterocycles. The van der Waals surface area contributed by atoms with Crippen molar-refractivity contribution in [3.63, 3.8) is 0 Å². The molecule has 0 bridgehead atoms. The van der Waals surface area contributed by atoms with E-state index in [9.17, 15) is 22.8 Å². The lowest BCUT2D eigenvalue weighted by Crippen LogP contribution is -2.44. The Labute approximate surface area is 192 Å². The van der Waals surface area contributed by atoms with E-state index in [4.69, 9.17) is 0 Å². The van der Waals surface area contributed by atoms with Crippen LogP contribution in [0.5, 0.6) is 0 Å². The Balaban J connectivity index is 1.43. The number of nitrogens with one attached hydrogen (secondary N) is 2. The molecular weight excluding hydrogens is 444 g/mol. The van der Waals surface area contributed by atoms with Crippen LogP contribution in [0.2, 0.25) is 0 Å². The maximum Gasteiger partial charge on any atom is 0.325 e. The largest absolute Gasteiger partial charge is 0.325 e. The van der Waals surface area contributed by atoms with Gasteiger partial charge in [0.05, 0.1) is 4.90 Å². The first-order valence-electron chi connectivity index (χ1n) is 10.9. The van der Waals surface area contributed by atoms with Gasteiger partial charge in [-0.3, -0.25) is 14.5 Å². The van der Waals surface area contributed by atoms with Gasteiger partial charge in [-0.1, -0.05) is 37.3 Å². The number of amides is 4. The molecule has 2 saturated heterocycles. The summed E-state index contributed by atoms with van der Waals surface area (Å²) < 4.78 is 26.7. The number of anilines is 1. The highest BCUT2D eigenvalue weighted by molar-refractivity contribution is 7.89. The van der Waals surface area contributed by atoms with Crippen LogP contribution in [0.3, 0.4) is 0 Å². The van der Waals surface area contributed by atoms with Crippen molar-refractivity contribution >= 4 is 33.6 Å². The molecule has 10 heteroatoms. The van der Waals surface area contributed by atoms with Crippen LogP contribution in [0.25, 0.3) is 0 Å². The fourth-order valence-corrected chi connectivity index (χ4v) is 5.78. The molecule has 2 fully saturated rings. The zero-order valence-electron chi connectivity index (χ0n) is 18.3. The molecule has 2 aromatic rings. The minimum absolute atomic E-state index is 0.159. The van der Waals surface area contributed by atoms with Crippen LogP contribution in [-0.4, -0.2) is 55.1 Å². The number of carbonyl (C=O) groups is 3. The predicted octanol–water partition coefficient (Wildman–Crippen LogP) is 2.27. The number of benzene rings is 2. The Kier molecular flexibility index (Phi) is 6.22. The molecule has 2 aromatic carbocycles. The van der Waals surface area contributed by atoms with E-state index >= 15 is 0 Å². The van der Waals surface area contributed by atoms with Gasteiger partial charge in [-0.2, -0.15) is 4.31 Å². The van der Waals surface area contributed by atoms with E-state index in [1.807, 2.05) is 6.07 Å². The zero-order valence-corrected chi connectivity index (χ0v) is 19.1. The summed E-state index contributed by atoms with van der Waals surface area (Å²) in [4.78, 5) is 39.3. The van der Waals surface area contributed by atoms with Crippen LogP contribution in [0.4, 0.5) is 10.5 Å². The van der Waals surface area contributed by atoms with Crippen molar-refractivity contribution in [2.75, 3.05) is 25.0 Å². The fourth-order valence-electron chi connectivity index (χ4n) is 4.26. The smallest absolute Gasteiger partial charge is 0.325 e. The summed E-state index contributed by atoms with van der Waals surface area (Å²) in [5.74, 6) is -1.04. The Morgan fingerprint density at radius 3 is 2.27 bits per heavy atom. The van der Waals surface area contributed by atoms with Crippen molar-refractivity contribution < 1.29 is 22.8 Å². The summed E-state index contributed by atoms with van der Waals surface area (Å²) in [5.41, 5.74) is -0.176. The average Bonchev–Trinajstić information content (AvgIpc) is 3.44. The molecule has 0 saturated carbocycles. The van der Waals surface area contributed by atoms with Gasteiger partial charge in [0.15, 0.2) is 0 Å². The molecule has 2 heterocycles. The number of hydrogen-bond acceptors (Lipinski definition) is 5. The molecule has 174 valence electrons. The third-order valence-corrected chi connectivity index (χ3v) is 8.03. The van der Waals surface area contributed by atoms with E-state index in [0.29, 0.717) is 30.8 Å². The Morgan fingerprint density at radius 2 is 1.67 bits per heavy atom. The van der Waals surface area contributed by atoms with Crippen molar-refractivity contribution in [3.05, 3.63) is 60.2 Å². The average molecular weight is 471 g/mol. The molecule has 2 aliphatic rings. The molecule has 0 spiro atoms. The number of rotatable bonds is 7. The van der Waals surface area contributed by atoms with Crippen molar-refractivity contribution in [1.82, 2.24) is 14.5 Å². The maximum atomic E-state index is 13.1. The van der Waals surface area contributed by atoms with Crippen LogP contribution >= 0.6 is 0 Å². The second kappa shape index (κ2) is 8.95. The van der Waals surface area contributed by atoms with E-state index in [1.54, 1.807) is 31.2 Å². The van der Waals surface area contributed by atoms with Gasteiger partial charge in [-0.25, -0.2) is 13.2 Å². The van der Waals surface area contributed by atoms with Crippen molar-refractivity contribution in [2.45, 2.75) is 36.6 Å². The molecule has 4 amide bonds. The first kappa shape index (κ1) is 22.9. The van der Waals surface area contributed by atoms with Gasteiger partial charge in [-0.05, 0) is 49.1 Å². The molecule has 0 radical (unpaired) electrons. The summed E-state index contributed by atoms with van der Waals surface area (Å²) in [6, 6.07) is 14.2. The monoisotopic (exact) mass is 470 g/mol. The van der Waals surface area contributed by atoms with Gasteiger partial charge in [0.1, 0.15) is 12.1 Å². The zero-order chi connectivity index (χ0) is 23.6. The summed E-state index contributed by atoms with van der Waals surface area (Å²) in [7, 11) is -3.54. The first-order valence-corrected chi connectivity index (χ1v) is 12.3. The fraction of sp³-hybridized carbons (Fsp3) is 0.348. The Bertz CT molecular complexity index is 1160. The Morgan fingerprint density at radius 1 is 1.03 bits per heavy atom. The first-order chi connectivity index (χ1) is 15.8. The normalized spacial score (nSPS) is 21.3. The molecule has 9 nitrogen and oxygen atoms in total. The highest BCUT2D eigenvalue weighted by atomic mass is 32.2. The molecular formula is C23H26N4O5S. The van der Waals surface area contributed by atoms with E-state index in [-0.39, 0.29) is 4.90 Å². The van der Waals surface area contributed by atoms with Crippen LogP contribution in [0.1, 0.15) is 31.7 Å². The number of imide groups is 1. The Hall–Kier alpha value is -3.24. The third-order valence-electron chi connectivity index (χ3n) is 6.12. The highest BCUT2D eigenvalue weighted by Crippen LogP contribution is 2.32. The minimum atomic E-state index is -3.54. The molecule has 2 aliphatic heterocycles. The molecule has 4 rings (SSSR count). The van der Waals surface area contributed by atoms with E-state index in [2.05, 4.69) is 10.6 Å². The molecule has 33 heavy (non-hydrogen) atoms. The summed E-state index contributed by atoms with van der Waals surface area (Å²) in [6.45, 7) is 2.36. The lowest BCUT2D eigenvalue weighted by molar-refractivity contribution is -0.134. The summed E-state index contributed by atoms with van der Waals surface area (Å²) in [5, 5.41) is 5.36. The number of sulfonamides is 1. The van der Waals surface area contributed by atoms with E-state index < -0.39 is 40.0 Å². The van der Waals surface area contributed by atoms with Gasteiger partial charge >= 0.3 is 6.03 Å². The summed E-state index contributed by atoms with van der Waals surface area (Å²) in [6.07, 6.45) is 2.03. The molecule has 0 aliphatic carbocycles. The maximum absolute atomic E-state index is 13.1. The number of nitrogens with zero attached hydrogens (tertiary/aromatic N) is 2. The van der Waals surface area contributed by atoms with Crippen molar-refractivity contribution in [2.24, 2.45) is 0 Å². The minimum Gasteiger partial charge on any atom is -0.325 e.